The molecule has 0 saturated heterocycles. The molecule has 0 fully saturated rings. The van der Waals surface area contributed by atoms with Crippen LogP contribution in [-0.4, -0.2) is 29.0 Å². The molecule has 3 aromatic carbocycles. The Morgan fingerprint density at radius 1 is 0.867 bits per heavy atom. The van der Waals surface area contributed by atoms with E-state index in [-0.39, 0.29) is 0 Å². The smallest absolute Gasteiger partial charge is 0.196 e. The highest BCUT2D eigenvalue weighted by atomic mass is 32.2. The van der Waals surface area contributed by atoms with Gasteiger partial charge in [-0.2, -0.15) is 0 Å². The standard InChI is InChI=1S/C24H23N3O2S/c1-17-8-6-10-19(14-17)27-23(21-12-4-5-13-22(21)29-3)25-26-24(27)30-16-18-9-7-11-20(15-18)28-2/h4-15H,16H2,1-3H3. The second kappa shape index (κ2) is 9.05. The van der Waals surface area contributed by atoms with Crippen LogP contribution in [0.15, 0.2) is 78.0 Å². The van der Waals surface area contributed by atoms with Crippen molar-refractivity contribution in [2.24, 2.45) is 0 Å². The van der Waals surface area contributed by atoms with E-state index in [0.717, 1.165) is 45.0 Å². The fourth-order valence-electron chi connectivity index (χ4n) is 3.28. The molecular formula is C24H23N3O2S. The molecular weight excluding hydrogens is 394 g/mol. The Balaban J connectivity index is 1.76. The molecule has 0 radical (unpaired) electrons. The van der Waals surface area contributed by atoms with Crippen molar-refractivity contribution < 1.29 is 9.47 Å². The maximum atomic E-state index is 5.58. The first kappa shape index (κ1) is 20.0. The van der Waals surface area contributed by atoms with Crippen molar-refractivity contribution in [2.75, 3.05) is 14.2 Å². The van der Waals surface area contributed by atoms with Crippen molar-refractivity contribution in [2.45, 2.75) is 17.8 Å². The van der Waals surface area contributed by atoms with Gasteiger partial charge in [0.15, 0.2) is 11.0 Å². The minimum Gasteiger partial charge on any atom is -0.497 e. The van der Waals surface area contributed by atoms with Crippen molar-refractivity contribution in [1.82, 2.24) is 14.8 Å². The summed E-state index contributed by atoms with van der Waals surface area (Å²) in [4.78, 5) is 0. The number of hydrogen-bond acceptors (Lipinski definition) is 5. The number of nitrogens with zero attached hydrogens (tertiary/aromatic N) is 3. The average Bonchev–Trinajstić information content (AvgIpc) is 3.21. The highest BCUT2D eigenvalue weighted by Gasteiger charge is 2.19. The lowest BCUT2D eigenvalue weighted by Gasteiger charge is -2.13. The summed E-state index contributed by atoms with van der Waals surface area (Å²) in [6.07, 6.45) is 0. The Labute approximate surface area is 180 Å². The molecule has 1 heterocycles. The molecule has 4 aromatic rings. The van der Waals surface area contributed by atoms with Gasteiger partial charge in [0.05, 0.1) is 19.8 Å². The quantitative estimate of drug-likeness (QED) is 0.369. The fraction of sp³-hybridized carbons (Fsp3) is 0.167. The highest BCUT2D eigenvalue weighted by Crippen LogP contribution is 2.34. The van der Waals surface area contributed by atoms with Gasteiger partial charge in [0, 0.05) is 11.4 Å². The predicted molar refractivity (Wildman–Crippen MR) is 121 cm³/mol. The van der Waals surface area contributed by atoms with Crippen molar-refractivity contribution in [3.8, 4) is 28.6 Å². The Hall–Kier alpha value is -3.25. The van der Waals surface area contributed by atoms with Gasteiger partial charge < -0.3 is 9.47 Å². The molecule has 0 bridgehead atoms. The largest absolute Gasteiger partial charge is 0.497 e. The van der Waals surface area contributed by atoms with Gasteiger partial charge in [-0.3, -0.25) is 4.57 Å². The summed E-state index contributed by atoms with van der Waals surface area (Å²) in [5.41, 5.74) is 4.27. The molecule has 0 aliphatic carbocycles. The van der Waals surface area contributed by atoms with Crippen molar-refractivity contribution in [3.05, 3.63) is 83.9 Å². The molecule has 0 spiro atoms. The molecule has 0 atom stereocenters. The van der Waals surface area contributed by atoms with Crippen LogP contribution in [0.25, 0.3) is 17.1 Å². The molecule has 4 rings (SSSR count). The number of aromatic nitrogens is 3. The lowest BCUT2D eigenvalue weighted by Crippen LogP contribution is -2.01. The first-order valence-corrected chi connectivity index (χ1v) is 10.6. The summed E-state index contributed by atoms with van der Waals surface area (Å²) in [7, 11) is 3.35. The Morgan fingerprint density at radius 2 is 1.70 bits per heavy atom. The number of benzene rings is 3. The zero-order chi connectivity index (χ0) is 20.9. The molecule has 30 heavy (non-hydrogen) atoms. The van der Waals surface area contributed by atoms with E-state index in [9.17, 15) is 0 Å². The van der Waals surface area contributed by atoms with E-state index < -0.39 is 0 Å². The maximum absolute atomic E-state index is 5.58. The third-order valence-corrected chi connectivity index (χ3v) is 5.74. The minimum absolute atomic E-state index is 0.756. The molecule has 0 saturated carbocycles. The van der Waals surface area contributed by atoms with E-state index in [1.165, 1.54) is 5.56 Å². The summed E-state index contributed by atoms with van der Waals surface area (Å²) < 4.78 is 13.0. The van der Waals surface area contributed by atoms with E-state index in [1.807, 2.05) is 48.5 Å². The number of thioether (sulfide) groups is 1. The number of para-hydroxylation sites is 1. The lowest BCUT2D eigenvalue weighted by atomic mass is 10.1. The van der Waals surface area contributed by atoms with Gasteiger partial charge in [0.1, 0.15) is 11.5 Å². The van der Waals surface area contributed by atoms with Gasteiger partial charge in [0.25, 0.3) is 0 Å². The predicted octanol–water partition coefficient (Wildman–Crippen LogP) is 5.55. The average molecular weight is 418 g/mol. The number of hydrogen-bond donors (Lipinski definition) is 0. The molecule has 152 valence electrons. The monoisotopic (exact) mass is 417 g/mol. The molecule has 6 heteroatoms. The molecule has 0 aliphatic rings. The molecule has 0 unspecified atom stereocenters. The van der Waals surface area contributed by atoms with Crippen LogP contribution in [-0.2, 0) is 5.75 Å². The second-order valence-corrected chi connectivity index (χ2v) is 7.76. The molecule has 5 nitrogen and oxygen atoms in total. The van der Waals surface area contributed by atoms with Crippen LogP contribution < -0.4 is 9.47 Å². The van der Waals surface area contributed by atoms with Crippen molar-refractivity contribution >= 4 is 11.8 Å². The number of methoxy groups -OCH3 is 2. The summed E-state index contributed by atoms with van der Waals surface area (Å²) in [6, 6.07) is 24.3. The second-order valence-electron chi connectivity index (χ2n) is 6.82. The molecule has 0 aliphatic heterocycles. The highest BCUT2D eigenvalue weighted by molar-refractivity contribution is 7.98. The Bertz CT molecular complexity index is 1160. The molecule has 1 aromatic heterocycles. The zero-order valence-corrected chi connectivity index (χ0v) is 18.0. The normalized spacial score (nSPS) is 10.8. The van der Waals surface area contributed by atoms with Crippen LogP contribution in [0.5, 0.6) is 11.5 Å². The van der Waals surface area contributed by atoms with Crippen LogP contribution in [0, 0.1) is 6.92 Å². The summed E-state index contributed by atoms with van der Waals surface area (Å²) in [6.45, 7) is 2.08. The third kappa shape index (κ3) is 4.19. The molecule has 0 N–H and O–H groups in total. The zero-order valence-electron chi connectivity index (χ0n) is 17.2. The number of ether oxygens (including phenoxy) is 2. The SMILES string of the molecule is COc1cccc(CSc2nnc(-c3ccccc3OC)n2-c2cccc(C)c2)c1. The first-order valence-electron chi connectivity index (χ1n) is 9.61. The molecule has 0 amide bonds. The van der Waals surface area contributed by atoms with E-state index in [1.54, 1.807) is 26.0 Å². The number of rotatable bonds is 7. The van der Waals surface area contributed by atoms with Gasteiger partial charge in [-0.25, -0.2) is 0 Å². The third-order valence-electron chi connectivity index (χ3n) is 4.74. The summed E-state index contributed by atoms with van der Waals surface area (Å²) >= 11 is 1.64. The van der Waals surface area contributed by atoms with Crippen LogP contribution in [0.3, 0.4) is 0 Å². The van der Waals surface area contributed by atoms with Crippen molar-refractivity contribution in [3.63, 3.8) is 0 Å². The van der Waals surface area contributed by atoms with Gasteiger partial charge in [-0.15, -0.1) is 10.2 Å². The van der Waals surface area contributed by atoms with Gasteiger partial charge >= 0.3 is 0 Å². The Morgan fingerprint density at radius 3 is 2.50 bits per heavy atom. The van der Waals surface area contributed by atoms with Crippen LogP contribution in [0.4, 0.5) is 0 Å². The summed E-state index contributed by atoms with van der Waals surface area (Å²) in [5.74, 6) is 3.13. The first-order chi connectivity index (χ1) is 14.7. The topological polar surface area (TPSA) is 49.2 Å². The van der Waals surface area contributed by atoms with E-state index in [2.05, 4.69) is 46.0 Å². The summed E-state index contributed by atoms with van der Waals surface area (Å²) in [5, 5.41) is 9.88. The van der Waals surface area contributed by atoms with Crippen molar-refractivity contribution in [1.29, 1.82) is 0 Å². The fourth-order valence-corrected chi connectivity index (χ4v) is 4.17. The Kier molecular flexibility index (Phi) is 6.05. The van der Waals surface area contributed by atoms with Gasteiger partial charge in [-0.05, 0) is 54.4 Å². The van der Waals surface area contributed by atoms with Gasteiger partial charge in [0.2, 0.25) is 0 Å². The van der Waals surface area contributed by atoms with E-state index in [4.69, 9.17) is 9.47 Å². The van der Waals surface area contributed by atoms with Crippen LogP contribution in [0.2, 0.25) is 0 Å². The lowest BCUT2D eigenvalue weighted by molar-refractivity contribution is 0.414. The van der Waals surface area contributed by atoms with Gasteiger partial charge in [-0.1, -0.05) is 48.2 Å². The maximum Gasteiger partial charge on any atom is 0.196 e. The minimum atomic E-state index is 0.756. The van der Waals surface area contributed by atoms with Crippen LogP contribution >= 0.6 is 11.8 Å². The van der Waals surface area contributed by atoms with E-state index >= 15 is 0 Å². The van der Waals surface area contributed by atoms with E-state index in [0.29, 0.717) is 0 Å². The van der Waals surface area contributed by atoms with Crippen LogP contribution in [0.1, 0.15) is 11.1 Å². The number of aryl methyl sites for hydroxylation is 1.